The molecule has 21 heavy (non-hydrogen) atoms. The Morgan fingerprint density at radius 2 is 1.76 bits per heavy atom. The summed E-state index contributed by atoms with van der Waals surface area (Å²) in [5.41, 5.74) is 1.25. The van der Waals surface area contributed by atoms with Gasteiger partial charge in [0.05, 0.1) is 17.8 Å². The molecule has 104 valence electrons. The summed E-state index contributed by atoms with van der Waals surface area (Å²) in [5, 5.41) is 6.69. The Morgan fingerprint density at radius 1 is 1.00 bits per heavy atom. The van der Waals surface area contributed by atoms with Crippen LogP contribution in [0, 0.1) is 0 Å². The summed E-state index contributed by atoms with van der Waals surface area (Å²) in [6.07, 6.45) is 0.182. The molecular weight excluding hydrogens is 270 g/mol. The first-order valence-electron chi connectivity index (χ1n) is 6.64. The molecule has 0 spiro atoms. The Hall–Kier alpha value is -2.89. The molecule has 2 aromatic carbocycles. The fourth-order valence-electron chi connectivity index (χ4n) is 2.89. The number of carbonyl (C=O) groups excluding carboxylic acids is 3. The van der Waals surface area contributed by atoms with Gasteiger partial charge in [0.15, 0.2) is 0 Å². The van der Waals surface area contributed by atoms with E-state index in [1.165, 1.54) is 10.0 Å². The zero-order valence-electron chi connectivity index (χ0n) is 11.0. The van der Waals surface area contributed by atoms with E-state index in [0.717, 1.165) is 10.8 Å². The van der Waals surface area contributed by atoms with E-state index in [1.807, 2.05) is 24.3 Å². The fraction of sp³-hybridized carbons (Fsp3) is 0.133. The molecule has 2 aromatic rings. The topological polar surface area (TPSA) is 69.7 Å². The number of anilines is 1. The second-order valence-corrected chi connectivity index (χ2v) is 5.02. The van der Waals surface area contributed by atoms with Crippen LogP contribution >= 0.6 is 0 Å². The van der Waals surface area contributed by atoms with Crippen LogP contribution in [0.5, 0.6) is 0 Å². The maximum absolute atomic E-state index is 12.6. The molecule has 0 aromatic heterocycles. The quantitative estimate of drug-likeness (QED) is 0.864. The Kier molecular flexibility index (Phi) is 2.29. The molecular formula is C15H11N3O3. The van der Waals surface area contributed by atoms with Gasteiger partial charge in [0.2, 0.25) is 5.91 Å². The number of imide groups is 1. The van der Waals surface area contributed by atoms with Crippen molar-refractivity contribution in [2.45, 2.75) is 6.42 Å². The van der Waals surface area contributed by atoms with Crippen LogP contribution in [0.15, 0.2) is 36.4 Å². The predicted molar refractivity (Wildman–Crippen MR) is 75.6 cm³/mol. The van der Waals surface area contributed by atoms with E-state index >= 15 is 0 Å². The number of carbonyl (C=O) groups is 3. The van der Waals surface area contributed by atoms with Crippen molar-refractivity contribution in [1.29, 1.82) is 0 Å². The third-order valence-corrected chi connectivity index (χ3v) is 3.81. The number of amides is 4. The van der Waals surface area contributed by atoms with Gasteiger partial charge in [-0.25, -0.2) is 14.8 Å². The summed E-state index contributed by atoms with van der Waals surface area (Å²) in [6.45, 7) is 0.195. The molecule has 1 fully saturated rings. The molecule has 0 aliphatic carbocycles. The van der Waals surface area contributed by atoms with Crippen molar-refractivity contribution >= 4 is 34.3 Å². The Labute approximate surface area is 119 Å². The Balaban J connectivity index is 1.86. The highest BCUT2D eigenvalue weighted by molar-refractivity contribution is 6.25. The lowest BCUT2D eigenvalue weighted by Gasteiger charge is -2.34. The molecule has 2 aliphatic rings. The first kappa shape index (κ1) is 11.9. The van der Waals surface area contributed by atoms with Crippen molar-refractivity contribution in [2.75, 3.05) is 11.6 Å². The standard InChI is InChI=1S/C15H11N3O3/c19-12-7-8-17(15(21)16-12)18-11-6-2-4-9-3-1-5-10(13(9)11)14(18)20/h1-6H,7-8H2,(H,16,19,21). The number of rotatable bonds is 1. The molecule has 2 aliphatic heterocycles. The summed E-state index contributed by atoms with van der Waals surface area (Å²) in [4.78, 5) is 35.9. The number of hydrogen-bond acceptors (Lipinski definition) is 3. The number of hydrogen-bond donors (Lipinski definition) is 1. The average molecular weight is 281 g/mol. The number of urea groups is 1. The van der Waals surface area contributed by atoms with Gasteiger partial charge in [-0.2, -0.15) is 0 Å². The molecule has 6 nitrogen and oxygen atoms in total. The van der Waals surface area contributed by atoms with Gasteiger partial charge >= 0.3 is 6.03 Å². The maximum atomic E-state index is 12.6. The predicted octanol–water partition coefficient (Wildman–Crippen LogP) is 1.66. The SMILES string of the molecule is O=C1CCN(N2C(=O)c3cccc4cccc2c34)C(=O)N1. The highest BCUT2D eigenvalue weighted by Gasteiger charge is 2.38. The Bertz CT molecular complexity index is 810. The first-order valence-corrected chi connectivity index (χ1v) is 6.64. The van der Waals surface area contributed by atoms with Gasteiger partial charge < -0.3 is 0 Å². The number of hydrazine groups is 1. The van der Waals surface area contributed by atoms with Crippen molar-refractivity contribution in [3.63, 3.8) is 0 Å². The molecule has 2 heterocycles. The normalized spacial score (nSPS) is 17.6. The van der Waals surface area contributed by atoms with E-state index in [0.29, 0.717) is 11.3 Å². The number of benzene rings is 2. The van der Waals surface area contributed by atoms with Crippen LogP contribution in [0.3, 0.4) is 0 Å². The van der Waals surface area contributed by atoms with Crippen LogP contribution in [0.25, 0.3) is 10.8 Å². The molecule has 1 saturated heterocycles. The fourth-order valence-corrected chi connectivity index (χ4v) is 2.89. The molecule has 0 unspecified atom stereocenters. The minimum Gasteiger partial charge on any atom is -0.276 e. The molecule has 0 bridgehead atoms. The summed E-state index contributed by atoms with van der Waals surface area (Å²) < 4.78 is 0. The lowest BCUT2D eigenvalue weighted by molar-refractivity contribution is -0.121. The van der Waals surface area contributed by atoms with Gasteiger partial charge in [0, 0.05) is 11.8 Å². The van der Waals surface area contributed by atoms with E-state index in [2.05, 4.69) is 5.32 Å². The zero-order chi connectivity index (χ0) is 14.6. The molecule has 0 saturated carbocycles. The lowest BCUT2D eigenvalue weighted by atomic mass is 10.1. The van der Waals surface area contributed by atoms with Crippen molar-refractivity contribution < 1.29 is 14.4 Å². The van der Waals surface area contributed by atoms with Gasteiger partial charge in [0.25, 0.3) is 5.91 Å². The van der Waals surface area contributed by atoms with E-state index in [9.17, 15) is 14.4 Å². The van der Waals surface area contributed by atoms with E-state index in [1.54, 1.807) is 12.1 Å². The second-order valence-electron chi connectivity index (χ2n) is 5.02. The largest absolute Gasteiger partial charge is 0.343 e. The second kappa shape index (κ2) is 4.05. The van der Waals surface area contributed by atoms with Gasteiger partial charge in [0.1, 0.15) is 0 Å². The average Bonchev–Trinajstić information content (AvgIpc) is 2.75. The highest BCUT2D eigenvalue weighted by atomic mass is 16.2. The van der Waals surface area contributed by atoms with E-state index < -0.39 is 6.03 Å². The van der Waals surface area contributed by atoms with Crippen LogP contribution in [0.2, 0.25) is 0 Å². The summed E-state index contributed by atoms with van der Waals surface area (Å²) in [6, 6.07) is 10.5. The summed E-state index contributed by atoms with van der Waals surface area (Å²) >= 11 is 0. The number of nitrogens with one attached hydrogen (secondary N) is 1. The smallest absolute Gasteiger partial charge is 0.276 e. The van der Waals surface area contributed by atoms with Gasteiger partial charge in [-0.05, 0) is 17.5 Å². The van der Waals surface area contributed by atoms with Crippen LogP contribution in [0.1, 0.15) is 16.8 Å². The third-order valence-electron chi connectivity index (χ3n) is 3.81. The van der Waals surface area contributed by atoms with Gasteiger partial charge in [-0.1, -0.05) is 24.3 Å². The highest BCUT2D eigenvalue weighted by Crippen LogP contribution is 2.38. The first-order chi connectivity index (χ1) is 10.2. The molecule has 4 rings (SSSR count). The van der Waals surface area contributed by atoms with Crippen molar-refractivity contribution in [3.8, 4) is 0 Å². The van der Waals surface area contributed by atoms with E-state index in [4.69, 9.17) is 0 Å². The van der Waals surface area contributed by atoms with Gasteiger partial charge in [-0.3, -0.25) is 14.9 Å². The third kappa shape index (κ3) is 1.56. The van der Waals surface area contributed by atoms with E-state index in [-0.39, 0.29) is 24.8 Å². The van der Waals surface area contributed by atoms with Crippen LogP contribution < -0.4 is 10.3 Å². The van der Waals surface area contributed by atoms with Crippen molar-refractivity contribution in [2.24, 2.45) is 0 Å². The van der Waals surface area contributed by atoms with Crippen LogP contribution in [-0.2, 0) is 4.79 Å². The molecule has 1 N–H and O–H groups in total. The number of nitrogens with zero attached hydrogens (tertiary/aromatic N) is 2. The molecule has 0 radical (unpaired) electrons. The molecule has 4 amide bonds. The minimum absolute atomic E-state index is 0.182. The zero-order valence-corrected chi connectivity index (χ0v) is 11.0. The van der Waals surface area contributed by atoms with Crippen LogP contribution in [-0.4, -0.2) is 29.4 Å². The summed E-state index contributed by atoms with van der Waals surface area (Å²) in [7, 11) is 0. The monoisotopic (exact) mass is 281 g/mol. The van der Waals surface area contributed by atoms with Crippen molar-refractivity contribution in [1.82, 2.24) is 10.3 Å². The lowest BCUT2D eigenvalue weighted by Crippen LogP contribution is -2.58. The summed E-state index contributed by atoms with van der Waals surface area (Å²) in [5.74, 6) is -0.565. The van der Waals surface area contributed by atoms with Gasteiger partial charge in [-0.15, -0.1) is 0 Å². The molecule has 0 atom stereocenters. The van der Waals surface area contributed by atoms with Crippen molar-refractivity contribution in [3.05, 3.63) is 42.0 Å². The maximum Gasteiger partial charge on any atom is 0.343 e. The minimum atomic E-state index is -0.565. The van der Waals surface area contributed by atoms with Crippen LogP contribution in [0.4, 0.5) is 10.5 Å². The Morgan fingerprint density at radius 3 is 2.52 bits per heavy atom. The molecule has 6 heteroatoms.